The Morgan fingerprint density at radius 3 is 2.54 bits per heavy atom. The third-order valence-electron chi connectivity index (χ3n) is 2.29. The summed E-state index contributed by atoms with van der Waals surface area (Å²) in [6, 6.07) is 0. The van der Waals surface area contributed by atoms with Crippen LogP contribution in [-0.2, 0) is 14.2 Å². The Morgan fingerprint density at radius 1 is 1.31 bits per heavy atom. The second-order valence-corrected chi connectivity index (χ2v) is 4.78. The SMILES string of the molecule is CC1(C)O[C@H]2O[C@H](CS)[C@H](S)[C@H]2O1. The van der Waals surface area contributed by atoms with Gasteiger partial charge in [-0.25, -0.2) is 0 Å². The van der Waals surface area contributed by atoms with Gasteiger partial charge in [-0.15, -0.1) is 0 Å². The van der Waals surface area contributed by atoms with Crippen LogP contribution in [0.4, 0.5) is 0 Å². The third-order valence-corrected chi connectivity index (χ3v) is 3.28. The maximum absolute atomic E-state index is 5.66. The summed E-state index contributed by atoms with van der Waals surface area (Å²) >= 11 is 8.62. The lowest BCUT2D eigenvalue weighted by molar-refractivity contribution is -0.201. The lowest BCUT2D eigenvalue weighted by Gasteiger charge is -2.22. The molecule has 2 fully saturated rings. The van der Waals surface area contributed by atoms with Gasteiger partial charge in [0, 0.05) is 5.75 Å². The van der Waals surface area contributed by atoms with Gasteiger partial charge in [0.1, 0.15) is 6.10 Å². The van der Waals surface area contributed by atoms with Crippen LogP contribution in [0.5, 0.6) is 0 Å². The van der Waals surface area contributed by atoms with Crippen LogP contribution in [0.2, 0.25) is 0 Å². The molecule has 0 aromatic rings. The molecule has 0 aromatic carbocycles. The van der Waals surface area contributed by atoms with Crippen molar-refractivity contribution in [1.29, 1.82) is 0 Å². The molecule has 0 spiro atoms. The monoisotopic (exact) mass is 222 g/mol. The van der Waals surface area contributed by atoms with E-state index in [9.17, 15) is 0 Å². The van der Waals surface area contributed by atoms with Crippen molar-refractivity contribution >= 4 is 25.3 Å². The zero-order chi connectivity index (χ0) is 9.64. The molecule has 5 heteroatoms. The lowest BCUT2D eigenvalue weighted by Crippen LogP contribution is -2.31. The summed E-state index contributed by atoms with van der Waals surface area (Å²) in [5, 5.41) is 0.0595. The highest BCUT2D eigenvalue weighted by atomic mass is 32.1. The van der Waals surface area contributed by atoms with Crippen LogP contribution in [0.1, 0.15) is 13.8 Å². The zero-order valence-corrected chi connectivity index (χ0v) is 9.42. The molecule has 4 atom stereocenters. The summed E-state index contributed by atoms with van der Waals surface area (Å²) in [7, 11) is 0. The van der Waals surface area contributed by atoms with Crippen LogP contribution in [0.15, 0.2) is 0 Å². The summed E-state index contributed by atoms with van der Waals surface area (Å²) in [4.78, 5) is 0. The van der Waals surface area contributed by atoms with E-state index in [4.69, 9.17) is 14.2 Å². The van der Waals surface area contributed by atoms with E-state index in [1.54, 1.807) is 0 Å². The number of thiol groups is 2. The van der Waals surface area contributed by atoms with Gasteiger partial charge in [-0.1, -0.05) is 0 Å². The molecule has 0 aromatic heterocycles. The molecule has 0 amide bonds. The Hall–Kier alpha value is 0.580. The molecule has 0 aliphatic carbocycles. The molecule has 0 radical (unpaired) electrons. The molecule has 2 aliphatic rings. The Labute approximate surface area is 88.9 Å². The van der Waals surface area contributed by atoms with Gasteiger partial charge in [0.05, 0.1) is 11.4 Å². The van der Waals surface area contributed by atoms with Gasteiger partial charge in [-0.05, 0) is 13.8 Å². The first kappa shape index (κ1) is 10.1. The molecule has 2 rings (SSSR count). The summed E-state index contributed by atoms with van der Waals surface area (Å²) < 4.78 is 16.8. The number of rotatable bonds is 1. The third kappa shape index (κ3) is 1.72. The lowest BCUT2D eigenvalue weighted by atomic mass is 10.2. The second-order valence-electron chi connectivity index (χ2n) is 3.82. The number of fused-ring (bicyclic) bond motifs is 1. The fraction of sp³-hybridized carbons (Fsp3) is 1.00. The smallest absolute Gasteiger partial charge is 0.188 e. The number of hydrogen-bond acceptors (Lipinski definition) is 5. The van der Waals surface area contributed by atoms with E-state index in [0.717, 1.165) is 0 Å². The molecule has 2 heterocycles. The van der Waals surface area contributed by atoms with E-state index in [2.05, 4.69) is 25.3 Å². The molecule has 2 aliphatic heterocycles. The molecule has 0 bridgehead atoms. The quantitative estimate of drug-likeness (QED) is 0.651. The van der Waals surface area contributed by atoms with Gasteiger partial charge in [0.15, 0.2) is 12.1 Å². The maximum atomic E-state index is 5.66. The van der Waals surface area contributed by atoms with E-state index >= 15 is 0 Å². The van der Waals surface area contributed by atoms with Crippen molar-refractivity contribution in [3.05, 3.63) is 0 Å². The highest BCUT2D eigenvalue weighted by Crippen LogP contribution is 2.39. The van der Waals surface area contributed by atoms with Gasteiger partial charge in [-0.2, -0.15) is 25.3 Å². The van der Waals surface area contributed by atoms with Gasteiger partial charge in [-0.3, -0.25) is 0 Å². The van der Waals surface area contributed by atoms with E-state index < -0.39 is 5.79 Å². The predicted octanol–water partition coefficient (Wildman–Crippen LogP) is 1.09. The molecule has 76 valence electrons. The highest BCUT2D eigenvalue weighted by Gasteiger charge is 2.52. The van der Waals surface area contributed by atoms with Crippen LogP contribution in [0.3, 0.4) is 0 Å². The summed E-state index contributed by atoms with van der Waals surface area (Å²) in [5.41, 5.74) is 0. The normalized spacial score (nSPS) is 48.0. The Kier molecular flexibility index (Phi) is 2.57. The largest absolute Gasteiger partial charge is 0.344 e. The van der Waals surface area contributed by atoms with Gasteiger partial charge >= 0.3 is 0 Å². The van der Waals surface area contributed by atoms with Crippen LogP contribution in [0.25, 0.3) is 0 Å². The fourth-order valence-electron chi connectivity index (χ4n) is 1.71. The summed E-state index contributed by atoms with van der Waals surface area (Å²) in [5.74, 6) is 0.103. The Bertz CT molecular complexity index is 210. The van der Waals surface area contributed by atoms with Gasteiger partial charge in [0.25, 0.3) is 0 Å². The maximum Gasteiger partial charge on any atom is 0.188 e. The highest BCUT2D eigenvalue weighted by molar-refractivity contribution is 7.81. The van der Waals surface area contributed by atoms with Crippen molar-refractivity contribution < 1.29 is 14.2 Å². The Morgan fingerprint density at radius 2 is 2.00 bits per heavy atom. The number of ether oxygens (including phenoxy) is 3. The fourth-order valence-corrected chi connectivity index (χ4v) is 2.57. The van der Waals surface area contributed by atoms with Crippen LogP contribution >= 0.6 is 25.3 Å². The van der Waals surface area contributed by atoms with Gasteiger partial charge in [0.2, 0.25) is 0 Å². The first-order valence-corrected chi connectivity index (χ1v) is 5.48. The first-order valence-electron chi connectivity index (χ1n) is 4.33. The van der Waals surface area contributed by atoms with Crippen molar-refractivity contribution in [3.63, 3.8) is 0 Å². The average molecular weight is 222 g/mol. The molecular formula is C8H14O3S2. The predicted molar refractivity (Wildman–Crippen MR) is 55.3 cm³/mol. The van der Waals surface area contributed by atoms with E-state index in [0.29, 0.717) is 5.75 Å². The van der Waals surface area contributed by atoms with Crippen LogP contribution in [0, 0.1) is 0 Å². The topological polar surface area (TPSA) is 27.7 Å². The summed E-state index contributed by atoms with van der Waals surface area (Å²) in [6.45, 7) is 3.76. The minimum atomic E-state index is -0.544. The van der Waals surface area contributed by atoms with Crippen molar-refractivity contribution in [2.45, 2.75) is 43.4 Å². The molecule has 0 N–H and O–H groups in total. The minimum Gasteiger partial charge on any atom is -0.344 e. The van der Waals surface area contributed by atoms with Crippen LogP contribution in [-0.4, -0.2) is 35.3 Å². The van der Waals surface area contributed by atoms with E-state index in [1.165, 1.54) is 0 Å². The van der Waals surface area contributed by atoms with Gasteiger partial charge < -0.3 is 14.2 Å². The van der Waals surface area contributed by atoms with Crippen molar-refractivity contribution in [2.75, 3.05) is 5.75 Å². The molecule has 2 saturated heterocycles. The molecule has 0 unspecified atom stereocenters. The van der Waals surface area contributed by atoms with E-state index in [-0.39, 0.29) is 23.7 Å². The van der Waals surface area contributed by atoms with Crippen LogP contribution < -0.4 is 0 Å². The molecule has 3 nitrogen and oxygen atoms in total. The zero-order valence-electron chi connectivity index (χ0n) is 7.64. The second kappa shape index (κ2) is 3.31. The minimum absolute atomic E-state index is 0.0257. The van der Waals surface area contributed by atoms with E-state index in [1.807, 2.05) is 13.8 Å². The van der Waals surface area contributed by atoms with Crippen molar-refractivity contribution in [3.8, 4) is 0 Å². The molecular weight excluding hydrogens is 208 g/mol. The Balaban J connectivity index is 2.07. The standard InChI is InChI=1S/C8H14O3S2/c1-8(2)10-5-6(13)4(3-12)9-7(5)11-8/h4-7,12-13H,3H2,1-2H3/t4-,5-,6+,7-/m1/s1. The number of hydrogen-bond donors (Lipinski definition) is 2. The van der Waals surface area contributed by atoms with Crippen molar-refractivity contribution in [1.82, 2.24) is 0 Å². The summed E-state index contributed by atoms with van der Waals surface area (Å²) in [6.07, 6.45) is -0.303. The van der Waals surface area contributed by atoms with Crippen molar-refractivity contribution in [2.24, 2.45) is 0 Å². The molecule has 0 saturated carbocycles. The molecule has 13 heavy (non-hydrogen) atoms. The first-order chi connectivity index (χ1) is 6.03. The average Bonchev–Trinajstić information content (AvgIpc) is 2.47.